The van der Waals surface area contributed by atoms with Crippen molar-refractivity contribution in [2.24, 2.45) is 0 Å². The minimum absolute atomic E-state index is 0.513. The van der Waals surface area contributed by atoms with E-state index in [0.29, 0.717) is 16.7 Å². The van der Waals surface area contributed by atoms with Crippen LogP contribution in [0.1, 0.15) is 11.1 Å². The number of nitriles is 2. The van der Waals surface area contributed by atoms with Crippen LogP contribution in [0, 0.1) is 28.7 Å². The Morgan fingerprint density at radius 2 is 1.62 bits per heavy atom. The van der Waals surface area contributed by atoms with Crippen molar-refractivity contribution in [3.8, 4) is 23.3 Å². The zero-order valence-corrected chi connectivity index (χ0v) is 8.44. The molecule has 0 aliphatic carbocycles. The molecule has 0 fully saturated rings. The summed E-state index contributed by atoms with van der Waals surface area (Å²) in [7, 11) is 0. The molecule has 2 aromatic carbocycles. The summed E-state index contributed by atoms with van der Waals surface area (Å²) in [6.45, 7) is 0. The van der Waals surface area contributed by atoms with Crippen LogP contribution in [-0.4, -0.2) is 0 Å². The van der Waals surface area contributed by atoms with Gasteiger partial charge in [-0.3, -0.25) is 0 Å². The molecule has 2 nitrogen and oxygen atoms in total. The van der Waals surface area contributed by atoms with Gasteiger partial charge in [-0.25, -0.2) is 0 Å². The Balaban J connectivity index is 2.74. The van der Waals surface area contributed by atoms with E-state index in [0.717, 1.165) is 5.56 Å². The lowest BCUT2D eigenvalue weighted by atomic mass is 9.95. The van der Waals surface area contributed by atoms with E-state index < -0.39 is 0 Å². The van der Waals surface area contributed by atoms with Crippen LogP contribution < -0.4 is 0 Å². The van der Waals surface area contributed by atoms with Gasteiger partial charge in [0.05, 0.1) is 23.3 Å². The van der Waals surface area contributed by atoms with Gasteiger partial charge in [0.25, 0.3) is 0 Å². The van der Waals surface area contributed by atoms with Gasteiger partial charge in [-0.15, -0.1) is 0 Å². The second kappa shape index (κ2) is 4.29. The van der Waals surface area contributed by atoms with Crippen molar-refractivity contribution in [3.05, 3.63) is 59.7 Å². The minimum atomic E-state index is 0.513. The van der Waals surface area contributed by atoms with Crippen LogP contribution in [0.15, 0.2) is 42.5 Å². The first-order valence-electron chi connectivity index (χ1n) is 4.76. The third-order valence-corrected chi connectivity index (χ3v) is 2.30. The Labute approximate surface area is 94.0 Å². The monoisotopic (exact) mass is 203 g/mol. The maximum Gasteiger partial charge on any atom is 0.0998 e. The Morgan fingerprint density at radius 3 is 2.12 bits per heavy atom. The fourth-order valence-electron chi connectivity index (χ4n) is 1.60. The third-order valence-electron chi connectivity index (χ3n) is 2.30. The number of hydrogen-bond donors (Lipinski definition) is 0. The second-order valence-electron chi connectivity index (χ2n) is 3.24. The number of rotatable bonds is 1. The molecule has 0 aromatic heterocycles. The first-order valence-corrected chi connectivity index (χ1v) is 4.76. The first kappa shape index (κ1) is 9.96. The fraction of sp³-hybridized carbons (Fsp3) is 0. The highest BCUT2D eigenvalue weighted by molar-refractivity contribution is 5.76. The van der Waals surface area contributed by atoms with Gasteiger partial charge in [0.2, 0.25) is 0 Å². The summed E-state index contributed by atoms with van der Waals surface area (Å²) >= 11 is 0. The predicted octanol–water partition coefficient (Wildman–Crippen LogP) is 2.90. The molecule has 0 N–H and O–H groups in total. The van der Waals surface area contributed by atoms with E-state index in [-0.39, 0.29) is 0 Å². The molecule has 0 spiro atoms. The number of hydrogen-bond acceptors (Lipinski definition) is 2. The van der Waals surface area contributed by atoms with Gasteiger partial charge >= 0.3 is 0 Å². The van der Waals surface area contributed by atoms with Gasteiger partial charge < -0.3 is 0 Å². The molecule has 0 unspecified atom stereocenters. The summed E-state index contributed by atoms with van der Waals surface area (Å²) in [4.78, 5) is 0. The van der Waals surface area contributed by atoms with E-state index in [2.05, 4.69) is 18.2 Å². The van der Waals surface area contributed by atoms with Crippen LogP contribution >= 0.6 is 0 Å². The molecule has 1 radical (unpaired) electrons. The summed E-state index contributed by atoms with van der Waals surface area (Å²) in [6, 6.07) is 19.6. The van der Waals surface area contributed by atoms with Crippen LogP contribution in [-0.2, 0) is 0 Å². The molecule has 16 heavy (non-hydrogen) atoms. The molecule has 0 bridgehead atoms. The summed E-state index contributed by atoms with van der Waals surface area (Å²) in [6.07, 6.45) is 0. The summed E-state index contributed by atoms with van der Waals surface area (Å²) < 4.78 is 0. The largest absolute Gasteiger partial charge is 0.192 e. The molecule has 0 heterocycles. The molecule has 2 heteroatoms. The smallest absolute Gasteiger partial charge is 0.0998 e. The van der Waals surface area contributed by atoms with Crippen LogP contribution in [0.25, 0.3) is 11.1 Å². The Kier molecular flexibility index (Phi) is 2.67. The molecule has 0 aliphatic heterocycles. The second-order valence-corrected chi connectivity index (χ2v) is 3.24. The standard InChI is InChI=1S/C14H7N2/c15-9-12-7-4-8-13(10-16)14(12)11-5-2-1-3-6-11/h1-2,4-8H. The van der Waals surface area contributed by atoms with Crippen LogP contribution in [0.2, 0.25) is 0 Å². The molecule has 0 saturated carbocycles. The molecule has 0 atom stereocenters. The zero-order chi connectivity index (χ0) is 11.4. The lowest BCUT2D eigenvalue weighted by Crippen LogP contribution is -1.89. The molecule has 2 aromatic rings. The van der Waals surface area contributed by atoms with E-state index in [1.54, 1.807) is 30.3 Å². The zero-order valence-electron chi connectivity index (χ0n) is 8.44. The van der Waals surface area contributed by atoms with Crippen molar-refractivity contribution in [3.63, 3.8) is 0 Å². The highest BCUT2D eigenvalue weighted by Crippen LogP contribution is 2.26. The van der Waals surface area contributed by atoms with Gasteiger partial charge in [0, 0.05) is 5.56 Å². The van der Waals surface area contributed by atoms with Gasteiger partial charge in [0.1, 0.15) is 0 Å². The van der Waals surface area contributed by atoms with Gasteiger partial charge in [-0.2, -0.15) is 10.5 Å². The van der Waals surface area contributed by atoms with Crippen LogP contribution in [0.4, 0.5) is 0 Å². The number of benzene rings is 2. The Bertz CT molecular complexity index is 554. The van der Waals surface area contributed by atoms with Crippen molar-refractivity contribution in [1.29, 1.82) is 10.5 Å². The maximum atomic E-state index is 9.03. The molecule has 2 rings (SSSR count). The van der Waals surface area contributed by atoms with E-state index in [4.69, 9.17) is 10.5 Å². The highest BCUT2D eigenvalue weighted by atomic mass is 14.3. The van der Waals surface area contributed by atoms with E-state index >= 15 is 0 Å². The lowest BCUT2D eigenvalue weighted by molar-refractivity contribution is 1.44. The van der Waals surface area contributed by atoms with Gasteiger partial charge in [0.15, 0.2) is 0 Å². The topological polar surface area (TPSA) is 47.6 Å². The van der Waals surface area contributed by atoms with E-state index in [1.807, 2.05) is 12.1 Å². The predicted molar refractivity (Wildman–Crippen MR) is 60.1 cm³/mol. The summed E-state index contributed by atoms with van der Waals surface area (Å²) in [5.41, 5.74) is 2.55. The third kappa shape index (κ3) is 1.65. The summed E-state index contributed by atoms with van der Waals surface area (Å²) in [5, 5.41) is 18.1. The maximum absolute atomic E-state index is 9.03. The van der Waals surface area contributed by atoms with Crippen molar-refractivity contribution in [1.82, 2.24) is 0 Å². The summed E-state index contributed by atoms with van der Waals surface area (Å²) in [5.74, 6) is 0. The van der Waals surface area contributed by atoms with Crippen LogP contribution in [0.3, 0.4) is 0 Å². The SMILES string of the molecule is N#Cc1cccc(C#N)c1-c1c[c]ccc1. The van der Waals surface area contributed by atoms with Crippen molar-refractivity contribution in [2.45, 2.75) is 0 Å². The van der Waals surface area contributed by atoms with E-state index in [9.17, 15) is 0 Å². The normalized spacial score (nSPS) is 9.12. The average Bonchev–Trinajstić information content (AvgIpc) is 2.38. The Morgan fingerprint density at radius 1 is 0.938 bits per heavy atom. The van der Waals surface area contributed by atoms with Crippen molar-refractivity contribution >= 4 is 0 Å². The average molecular weight is 203 g/mol. The van der Waals surface area contributed by atoms with Gasteiger partial charge in [-0.1, -0.05) is 24.3 Å². The minimum Gasteiger partial charge on any atom is -0.192 e. The quantitative estimate of drug-likeness (QED) is 0.715. The lowest BCUT2D eigenvalue weighted by Gasteiger charge is -2.05. The number of nitrogens with zero attached hydrogens (tertiary/aromatic N) is 2. The molecule has 73 valence electrons. The van der Waals surface area contributed by atoms with Gasteiger partial charge in [-0.05, 0) is 29.8 Å². The fourth-order valence-corrected chi connectivity index (χ4v) is 1.60. The highest BCUT2D eigenvalue weighted by Gasteiger charge is 2.09. The molecular formula is C14H7N2. The molecule has 0 saturated heterocycles. The first-order chi connectivity index (χ1) is 7.86. The molecule has 0 aliphatic rings. The van der Waals surface area contributed by atoms with Crippen molar-refractivity contribution < 1.29 is 0 Å². The molecular weight excluding hydrogens is 196 g/mol. The molecule has 0 amide bonds. The Hall–Kier alpha value is -2.58. The van der Waals surface area contributed by atoms with E-state index in [1.165, 1.54) is 0 Å². The van der Waals surface area contributed by atoms with Crippen LogP contribution in [0.5, 0.6) is 0 Å². The van der Waals surface area contributed by atoms with Crippen molar-refractivity contribution in [2.75, 3.05) is 0 Å².